The number of pyridine rings is 2. The summed E-state index contributed by atoms with van der Waals surface area (Å²) in [6, 6.07) is 9.14. The van der Waals surface area contributed by atoms with Crippen LogP contribution in [0.4, 0.5) is 16.4 Å². The molecule has 1 aliphatic heterocycles. The van der Waals surface area contributed by atoms with E-state index in [1.807, 2.05) is 52.8 Å². The van der Waals surface area contributed by atoms with Crippen molar-refractivity contribution in [3.8, 4) is 5.75 Å². The number of amides is 1. The number of nitrogens with zero attached hydrogens (tertiary/aromatic N) is 3. The standard InChI is InChI=1S/C28H35N5O5/c1-16-24-17(25(34)38-28(16,4)5)8-11-22(32-24)31-23-14-18-19(15-30-23)21(10-9-20(18)27(2,3)29)36-12-13-37-26(35)33(6)7/h8-11,14-16H,12-13,29H2,1-7H3,(H,30,31,32)/t16-/m1/s1. The minimum Gasteiger partial charge on any atom is -0.489 e. The summed E-state index contributed by atoms with van der Waals surface area (Å²) in [7, 11) is 3.24. The number of rotatable bonds is 7. The fraction of sp³-hybridized carbons (Fsp3) is 0.429. The Bertz CT molecular complexity index is 1380. The van der Waals surface area contributed by atoms with Gasteiger partial charge >= 0.3 is 12.1 Å². The lowest BCUT2D eigenvalue weighted by Gasteiger charge is -2.36. The van der Waals surface area contributed by atoms with Crippen LogP contribution in [0.3, 0.4) is 0 Å². The summed E-state index contributed by atoms with van der Waals surface area (Å²) in [5, 5.41) is 4.91. The minimum absolute atomic E-state index is 0.0807. The fourth-order valence-electron chi connectivity index (χ4n) is 4.27. The van der Waals surface area contributed by atoms with E-state index in [0.717, 1.165) is 16.3 Å². The Balaban J connectivity index is 1.63. The summed E-state index contributed by atoms with van der Waals surface area (Å²) in [6.07, 6.45) is 1.29. The van der Waals surface area contributed by atoms with E-state index in [-0.39, 0.29) is 25.1 Å². The molecule has 3 heterocycles. The molecule has 10 heteroatoms. The Kier molecular flexibility index (Phi) is 7.20. The van der Waals surface area contributed by atoms with Crippen LogP contribution in [0.15, 0.2) is 36.5 Å². The van der Waals surface area contributed by atoms with Crippen molar-refractivity contribution in [1.29, 1.82) is 0 Å². The first kappa shape index (κ1) is 27.1. The molecule has 2 aromatic heterocycles. The number of carbonyl (C=O) groups is 2. The number of ether oxygens (including phenoxy) is 3. The first-order valence-electron chi connectivity index (χ1n) is 12.5. The van der Waals surface area contributed by atoms with Gasteiger partial charge in [0.05, 0.1) is 11.3 Å². The maximum atomic E-state index is 12.4. The summed E-state index contributed by atoms with van der Waals surface area (Å²) in [4.78, 5) is 34.8. The summed E-state index contributed by atoms with van der Waals surface area (Å²) in [5.41, 5.74) is 7.29. The summed E-state index contributed by atoms with van der Waals surface area (Å²) < 4.78 is 16.6. The maximum Gasteiger partial charge on any atom is 0.409 e. The normalized spacial score (nSPS) is 16.4. The Labute approximate surface area is 222 Å². The van der Waals surface area contributed by atoms with Crippen LogP contribution in [0.5, 0.6) is 5.75 Å². The molecule has 1 aliphatic rings. The van der Waals surface area contributed by atoms with Gasteiger partial charge in [0.25, 0.3) is 0 Å². The minimum atomic E-state index is -0.653. The average Bonchev–Trinajstić information content (AvgIpc) is 2.83. The first-order chi connectivity index (χ1) is 17.8. The van der Waals surface area contributed by atoms with Crippen LogP contribution < -0.4 is 15.8 Å². The number of cyclic esters (lactones) is 1. The number of nitrogens with one attached hydrogen (secondary N) is 1. The van der Waals surface area contributed by atoms with E-state index in [2.05, 4.69) is 10.3 Å². The number of hydrogen-bond acceptors (Lipinski definition) is 9. The van der Waals surface area contributed by atoms with Crippen molar-refractivity contribution >= 4 is 34.5 Å². The lowest BCUT2D eigenvalue weighted by atomic mass is 9.84. The Morgan fingerprint density at radius 2 is 1.89 bits per heavy atom. The van der Waals surface area contributed by atoms with Gasteiger partial charge in [-0.15, -0.1) is 0 Å². The Morgan fingerprint density at radius 3 is 2.58 bits per heavy atom. The van der Waals surface area contributed by atoms with E-state index in [9.17, 15) is 9.59 Å². The second kappa shape index (κ2) is 10.1. The SMILES string of the molecule is C[C@@H]1c2nc(Nc3cc4c(C(C)(C)N)ccc(OCCOC(=O)N(C)C)c4cn3)ccc2C(=O)OC1(C)C. The van der Waals surface area contributed by atoms with Gasteiger partial charge in [-0.2, -0.15) is 0 Å². The van der Waals surface area contributed by atoms with Crippen LogP contribution in [-0.2, 0) is 15.0 Å². The van der Waals surface area contributed by atoms with E-state index in [0.29, 0.717) is 28.6 Å². The topological polar surface area (TPSA) is 129 Å². The molecule has 0 bridgehead atoms. The predicted octanol–water partition coefficient (Wildman–Crippen LogP) is 4.70. The number of aromatic nitrogens is 2. The van der Waals surface area contributed by atoms with Crippen LogP contribution >= 0.6 is 0 Å². The molecule has 4 rings (SSSR count). The van der Waals surface area contributed by atoms with E-state index < -0.39 is 17.2 Å². The molecule has 0 aliphatic carbocycles. The maximum absolute atomic E-state index is 12.4. The van der Waals surface area contributed by atoms with Crippen molar-refractivity contribution in [1.82, 2.24) is 14.9 Å². The monoisotopic (exact) mass is 521 g/mol. The zero-order valence-electron chi connectivity index (χ0n) is 22.9. The molecule has 3 N–H and O–H groups in total. The molecule has 0 unspecified atom stereocenters. The Morgan fingerprint density at radius 1 is 1.16 bits per heavy atom. The molecule has 1 atom stereocenters. The molecule has 38 heavy (non-hydrogen) atoms. The fourth-order valence-corrected chi connectivity index (χ4v) is 4.27. The van der Waals surface area contributed by atoms with Crippen LogP contribution in [0.2, 0.25) is 0 Å². The lowest BCUT2D eigenvalue weighted by molar-refractivity contribution is -0.0189. The van der Waals surface area contributed by atoms with Gasteiger partial charge < -0.3 is 30.2 Å². The summed E-state index contributed by atoms with van der Waals surface area (Å²) in [6.45, 7) is 9.93. The number of benzene rings is 1. The van der Waals surface area contributed by atoms with Crippen LogP contribution in [0.1, 0.15) is 62.2 Å². The smallest absolute Gasteiger partial charge is 0.409 e. The highest BCUT2D eigenvalue weighted by molar-refractivity contribution is 5.94. The second-order valence-electron chi connectivity index (χ2n) is 10.8. The van der Waals surface area contributed by atoms with E-state index in [1.165, 1.54) is 4.90 Å². The van der Waals surface area contributed by atoms with Crippen molar-refractivity contribution in [3.63, 3.8) is 0 Å². The van der Waals surface area contributed by atoms with Crippen LogP contribution in [-0.4, -0.2) is 59.8 Å². The number of anilines is 2. The van der Waals surface area contributed by atoms with Gasteiger partial charge in [-0.1, -0.05) is 13.0 Å². The third-order valence-corrected chi connectivity index (χ3v) is 6.70. The van der Waals surface area contributed by atoms with E-state index in [4.69, 9.17) is 24.9 Å². The zero-order chi connectivity index (χ0) is 27.8. The number of hydrogen-bond donors (Lipinski definition) is 2. The lowest BCUT2D eigenvalue weighted by Crippen LogP contribution is -2.39. The van der Waals surface area contributed by atoms with Gasteiger partial charge in [0.15, 0.2) is 0 Å². The molecule has 1 amide bonds. The van der Waals surface area contributed by atoms with Gasteiger partial charge in [-0.05, 0) is 62.9 Å². The second-order valence-corrected chi connectivity index (χ2v) is 10.8. The highest BCUT2D eigenvalue weighted by atomic mass is 16.6. The molecule has 0 radical (unpaired) electrons. The number of fused-ring (bicyclic) bond motifs is 2. The molecule has 0 saturated heterocycles. The molecule has 3 aromatic rings. The van der Waals surface area contributed by atoms with Crippen molar-refractivity contribution in [3.05, 3.63) is 53.3 Å². The number of nitrogens with two attached hydrogens (primary N) is 1. The van der Waals surface area contributed by atoms with Gasteiger partial charge in [-0.25, -0.2) is 19.6 Å². The zero-order valence-corrected chi connectivity index (χ0v) is 22.9. The summed E-state index contributed by atoms with van der Waals surface area (Å²) in [5.74, 6) is 1.29. The number of esters is 1. The van der Waals surface area contributed by atoms with E-state index in [1.54, 1.807) is 32.4 Å². The summed E-state index contributed by atoms with van der Waals surface area (Å²) >= 11 is 0. The largest absolute Gasteiger partial charge is 0.489 e. The molecule has 0 spiro atoms. The predicted molar refractivity (Wildman–Crippen MR) is 145 cm³/mol. The molecule has 0 fully saturated rings. The number of carbonyl (C=O) groups excluding carboxylic acids is 2. The molecule has 0 saturated carbocycles. The third kappa shape index (κ3) is 5.50. The third-order valence-electron chi connectivity index (χ3n) is 6.70. The van der Waals surface area contributed by atoms with Crippen molar-refractivity contribution in [2.45, 2.75) is 51.7 Å². The highest BCUT2D eigenvalue weighted by Gasteiger charge is 2.40. The van der Waals surface area contributed by atoms with Crippen LogP contribution in [0.25, 0.3) is 10.8 Å². The highest BCUT2D eigenvalue weighted by Crippen LogP contribution is 2.38. The van der Waals surface area contributed by atoms with Crippen LogP contribution in [0, 0.1) is 0 Å². The average molecular weight is 522 g/mol. The van der Waals surface area contributed by atoms with Gasteiger partial charge in [-0.3, -0.25) is 0 Å². The van der Waals surface area contributed by atoms with Crippen molar-refractivity contribution in [2.75, 3.05) is 32.6 Å². The first-order valence-corrected chi connectivity index (χ1v) is 12.5. The Hall–Kier alpha value is -3.92. The van der Waals surface area contributed by atoms with Crippen molar-refractivity contribution < 1.29 is 23.8 Å². The van der Waals surface area contributed by atoms with Gasteiger partial charge in [0.1, 0.15) is 36.2 Å². The molecule has 202 valence electrons. The molecule has 10 nitrogen and oxygen atoms in total. The van der Waals surface area contributed by atoms with Crippen molar-refractivity contribution in [2.24, 2.45) is 5.73 Å². The molecular formula is C28H35N5O5. The van der Waals surface area contributed by atoms with Gasteiger partial charge in [0, 0.05) is 37.1 Å². The quantitative estimate of drug-likeness (QED) is 0.336. The van der Waals surface area contributed by atoms with Gasteiger partial charge in [0.2, 0.25) is 0 Å². The molecular weight excluding hydrogens is 486 g/mol. The molecule has 1 aromatic carbocycles. The van der Waals surface area contributed by atoms with E-state index >= 15 is 0 Å².